The first-order valence-electron chi connectivity index (χ1n) is 6.35. The number of anilines is 3. The van der Waals surface area contributed by atoms with Gasteiger partial charge >= 0.3 is 0 Å². The molecule has 0 aliphatic rings. The predicted octanol–water partition coefficient (Wildman–Crippen LogP) is 5.20. The molecule has 0 spiro atoms. The minimum absolute atomic E-state index is 0.942. The Kier molecular flexibility index (Phi) is 3.54. The first-order chi connectivity index (χ1) is 9.88. The number of hydrogen-bond acceptors (Lipinski definition) is 2. The largest absolute Gasteiger partial charge is 0.302 e. The Labute approximate surface area is 123 Å². The molecule has 0 atom stereocenters. The van der Waals surface area contributed by atoms with Crippen LogP contribution in [0.25, 0.3) is 0 Å². The van der Waals surface area contributed by atoms with Gasteiger partial charge in [0.1, 0.15) is 5.00 Å². The van der Waals surface area contributed by atoms with Crippen molar-refractivity contribution in [3.8, 4) is 12.3 Å². The van der Waals surface area contributed by atoms with Crippen molar-refractivity contribution < 1.29 is 0 Å². The fourth-order valence-electron chi connectivity index (χ4n) is 2.08. The van der Waals surface area contributed by atoms with Crippen molar-refractivity contribution in [1.29, 1.82) is 0 Å². The molecule has 1 heterocycles. The Bertz CT molecular complexity index is 683. The van der Waals surface area contributed by atoms with E-state index in [4.69, 9.17) is 6.42 Å². The summed E-state index contributed by atoms with van der Waals surface area (Å²) >= 11 is 1.62. The number of thiophene rings is 1. The van der Waals surface area contributed by atoms with E-state index in [-0.39, 0.29) is 0 Å². The zero-order chi connectivity index (χ0) is 13.8. The molecule has 20 heavy (non-hydrogen) atoms. The fourth-order valence-corrected chi connectivity index (χ4v) is 2.94. The van der Waals surface area contributed by atoms with E-state index in [9.17, 15) is 0 Å². The SMILES string of the molecule is C#Cc1ccc(N(c2ccccc2)c2ccccc2)s1. The van der Waals surface area contributed by atoms with Gasteiger partial charge in [0.25, 0.3) is 0 Å². The van der Waals surface area contributed by atoms with Crippen LogP contribution in [-0.2, 0) is 0 Å². The van der Waals surface area contributed by atoms with Crippen LogP contribution in [0, 0.1) is 12.3 Å². The number of rotatable bonds is 3. The smallest absolute Gasteiger partial charge is 0.101 e. The van der Waals surface area contributed by atoms with E-state index in [2.05, 4.69) is 41.2 Å². The fraction of sp³-hybridized carbons (Fsp3) is 0. The van der Waals surface area contributed by atoms with E-state index in [1.165, 1.54) is 0 Å². The third-order valence-electron chi connectivity index (χ3n) is 2.98. The molecule has 0 bridgehead atoms. The molecule has 0 unspecified atom stereocenters. The summed E-state index contributed by atoms with van der Waals surface area (Å²) in [5.41, 5.74) is 2.26. The van der Waals surface area contributed by atoms with Gasteiger partial charge in [0, 0.05) is 11.4 Å². The van der Waals surface area contributed by atoms with Crippen molar-refractivity contribution in [2.75, 3.05) is 4.90 Å². The van der Waals surface area contributed by atoms with Gasteiger partial charge in [-0.05, 0) is 36.4 Å². The van der Waals surface area contributed by atoms with Crippen LogP contribution in [0.5, 0.6) is 0 Å². The first kappa shape index (κ1) is 12.5. The third kappa shape index (κ3) is 2.45. The van der Waals surface area contributed by atoms with Crippen LogP contribution in [0.2, 0.25) is 0 Å². The number of benzene rings is 2. The molecule has 96 valence electrons. The molecule has 1 aromatic heterocycles. The van der Waals surface area contributed by atoms with Crippen LogP contribution in [0.1, 0.15) is 4.88 Å². The Morgan fingerprint density at radius 1 is 0.750 bits per heavy atom. The monoisotopic (exact) mass is 275 g/mol. The predicted molar refractivity (Wildman–Crippen MR) is 86.9 cm³/mol. The van der Waals surface area contributed by atoms with E-state index in [1.54, 1.807) is 11.3 Å². The van der Waals surface area contributed by atoms with Gasteiger partial charge in [-0.25, -0.2) is 0 Å². The second-order valence-electron chi connectivity index (χ2n) is 4.29. The summed E-state index contributed by atoms with van der Waals surface area (Å²) in [6.45, 7) is 0. The minimum atomic E-state index is 0.942. The van der Waals surface area contributed by atoms with Gasteiger partial charge in [-0.2, -0.15) is 0 Å². The molecule has 0 aliphatic carbocycles. The number of terminal acetylenes is 1. The van der Waals surface area contributed by atoms with Crippen LogP contribution >= 0.6 is 11.3 Å². The normalized spacial score (nSPS) is 9.95. The Balaban J connectivity index is 2.11. The van der Waals surface area contributed by atoms with E-state index in [0.29, 0.717) is 0 Å². The van der Waals surface area contributed by atoms with Gasteiger partial charge in [-0.3, -0.25) is 0 Å². The van der Waals surface area contributed by atoms with E-state index < -0.39 is 0 Å². The van der Waals surface area contributed by atoms with Crippen LogP contribution in [-0.4, -0.2) is 0 Å². The zero-order valence-corrected chi connectivity index (χ0v) is 11.7. The van der Waals surface area contributed by atoms with Gasteiger partial charge < -0.3 is 4.90 Å². The Hall–Kier alpha value is -2.50. The molecule has 0 radical (unpaired) electrons. The third-order valence-corrected chi connectivity index (χ3v) is 3.98. The highest BCUT2D eigenvalue weighted by Crippen LogP contribution is 2.38. The highest BCUT2D eigenvalue weighted by atomic mass is 32.1. The lowest BCUT2D eigenvalue weighted by atomic mass is 10.2. The van der Waals surface area contributed by atoms with Gasteiger partial charge in [-0.15, -0.1) is 17.8 Å². The summed E-state index contributed by atoms with van der Waals surface area (Å²) in [5, 5.41) is 1.12. The first-order valence-corrected chi connectivity index (χ1v) is 7.17. The van der Waals surface area contributed by atoms with Gasteiger partial charge in [0.05, 0.1) is 4.88 Å². The lowest BCUT2D eigenvalue weighted by Crippen LogP contribution is -2.07. The van der Waals surface area contributed by atoms with Crippen molar-refractivity contribution in [1.82, 2.24) is 0 Å². The molecule has 0 aliphatic heterocycles. The molecule has 0 fully saturated rings. The second kappa shape index (κ2) is 5.64. The number of hydrogen-bond donors (Lipinski definition) is 0. The summed E-state index contributed by atoms with van der Waals surface area (Å²) in [7, 11) is 0. The number of para-hydroxylation sites is 2. The van der Waals surface area contributed by atoms with E-state index in [0.717, 1.165) is 21.3 Å². The minimum Gasteiger partial charge on any atom is -0.302 e. The summed E-state index contributed by atoms with van der Waals surface area (Å²) in [5.74, 6) is 2.70. The van der Waals surface area contributed by atoms with Crippen LogP contribution in [0.3, 0.4) is 0 Å². The van der Waals surface area contributed by atoms with Crippen LogP contribution < -0.4 is 4.90 Å². The quantitative estimate of drug-likeness (QED) is 0.594. The standard InChI is InChI=1S/C18H13NS/c1-2-17-13-14-18(20-17)19(15-9-5-3-6-10-15)16-11-7-4-8-12-16/h1,3-14H. The summed E-state index contributed by atoms with van der Waals surface area (Å²) in [6.07, 6.45) is 5.48. The molecule has 2 aromatic carbocycles. The van der Waals surface area contributed by atoms with Crippen molar-refractivity contribution >= 4 is 27.7 Å². The van der Waals surface area contributed by atoms with Crippen LogP contribution in [0.4, 0.5) is 16.4 Å². The lowest BCUT2D eigenvalue weighted by Gasteiger charge is -2.23. The van der Waals surface area contributed by atoms with Crippen molar-refractivity contribution in [2.45, 2.75) is 0 Å². The molecule has 3 aromatic rings. The Morgan fingerprint density at radius 2 is 1.30 bits per heavy atom. The molecule has 0 amide bonds. The van der Waals surface area contributed by atoms with Gasteiger partial charge in [0.15, 0.2) is 0 Å². The number of nitrogens with zero attached hydrogens (tertiary/aromatic N) is 1. The van der Waals surface area contributed by atoms with Crippen molar-refractivity contribution in [3.05, 3.63) is 77.7 Å². The van der Waals surface area contributed by atoms with Gasteiger partial charge in [0.2, 0.25) is 0 Å². The Morgan fingerprint density at radius 3 is 1.75 bits per heavy atom. The summed E-state index contributed by atoms with van der Waals surface area (Å²) < 4.78 is 0. The second-order valence-corrected chi connectivity index (χ2v) is 5.35. The highest BCUT2D eigenvalue weighted by Gasteiger charge is 2.13. The van der Waals surface area contributed by atoms with Crippen molar-refractivity contribution in [3.63, 3.8) is 0 Å². The van der Waals surface area contributed by atoms with Crippen molar-refractivity contribution in [2.24, 2.45) is 0 Å². The molecule has 0 saturated heterocycles. The average molecular weight is 275 g/mol. The molecule has 2 heteroatoms. The summed E-state index contributed by atoms with van der Waals surface area (Å²) in [6, 6.07) is 24.7. The summed E-state index contributed by atoms with van der Waals surface area (Å²) in [4.78, 5) is 3.16. The maximum Gasteiger partial charge on any atom is 0.101 e. The average Bonchev–Trinajstić information content (AvgIpc) is 2.98. The molecular weight excluding hydrogens is 262 g/mol. The molecule has 0 saturated carbocycles. The molecule has 3 rings (SSSR count). The van der Waals surface area contributed by atoms with E-state index >= 15 is 0 Å². The van der Waals surface area contributed by atoms with Gasteiger partial charge in [-0.1, -0.05) is 42.3 Å². The molecule has 1 nitrogen and oxygen atoms in total. The molecule has 0 N–H and O–H groups in total. The maximum absolute atomic E-state index is 5.48. The highest BCUT2D eigenvalue weighted by molar-refractivity contribution is 7.16. The lowest BCUT2D eigenvalue weighted by molar-refractivity contribution is 1.32. The van der Waals surface area contributed by atoms with Crippen LogP contribution in [0.15, 0.2) is 72.8 Å². The molecular formula is C18H13NS. The van der Waals surface area contributed by atoms with E-state index in [1.807, 2.05) is 42.5 Å². The maximum atomic E-state index is 5.48. The zero-order valence-electron chi connectivity index (χ0n) is 10.9. The topological polar surface area (TPSA) is 3.24 Å².